The maximum Gasteiger partial charge on any atom is 0.275 e. The van der Waals surface area contributed by atoms with Gasteiger partial charge >= 0.3 is 0 Å². The fourth-order valence-corrected chi connectivity index (χ4v) is 4.07. The van der Waals surface area contributed by atoms with Crippen LogP contribution in [0.25, 0.3) is 0 Å². The number of thioether (sulfide) groups is 1. The SMILES string of the molecule is O=C(C[NH+]1CCN(c2ccccc2)CC1)NCCCSc1ccccc1. The topological polar surface area (TPSA) is 36.8 Å². The number of carbonyl (C=O) groups excluding carboxylic acids is 1. The van der Waals surface area contributed by atoms with Crippen molar-refractivity contribution in [1.29, 1.82) is 0 Å². The van der Waals surface area contributed by atoms with Gasteiger partial charge in [0.2, 0.25) is 0 Å². The number of nitrogens with zero attached hydrogens (tertiary/aromatic N) is 1. The first-order valence-electron chi connectivity index (χ1n) is 9.39. The van der Waals surface area contributed by atoms with E-state index in [0.29, 0.717) is 6.54 Å². The van der Waals surface area contributed by atoms with E-state index in [9.17, 15) is 4.79 Å². The predicted molar refractivity (Wildman–Crippen MR) is 109 cm³/mol. The number of hydrogen-bond donors (Lipinski definition) is 2. The average Bonchev–Trinajstić information content (AvgIpc) is 2.70. The Hall–Kier alpha value is -1.98. The van der Waals surface area contributed by atoms with Crippen molar-refractivity contribution in [3.8, 4) is 0 Å². The largest absolute Gasteiger partial charge is 0.360 e. The van der Waals surface area contributed by atoms with Crippen molar-refractivity contribution in [2.24, 2.45) is 0 Å². The van der Waals surface area contributed by atoms with Gasteiger partial charge in [-0.15, -0.1) is 11.8 Å². The molecule has 26 heavy (non-hydrogen) atoms. The maximum atomic E-state index is 12.1. The molecule has 1 fully saturated rings. The summed E-state index contributed by atoms with van der Waals surface area (Å²) in [7, 11) is 0. The van der Waals surface area contributed by atoms with Crippen molar-refractivity contribution < 1.29 is 9.69 Å². The van der Waals surface area contributed by atoms with Gasteiger partial charge in [-0.2, -0.15) is 0 Å². The summed E-state index contributed by atoms with van der Waals surface area (Å²) in [4.78, 5) is 17.2. The number of para-hydroxylation sites is 1. The lowest BCUT2D eigenvalue weighted by Gasteiger charge is -2.33. The van der Waals surface area contributed by atoms with Crippen LogP contribution in [-0.2, 0) is 4.79 Å². The Kier molecular flexibility index (Phi) is 7.40. The van der Waals surface area contributed by atoms with Gasteiger partial charge in [-0.1, -0.05) is 36.4 Å². The van der Waals surface area contributed by atoms with Crippen molar-refractivity contribution in [2.45, 2.75) is 11.3 Å². The van der Waals surface area contributed by atoms with E-state index in [1.807, 2.05) is 23.9 Å². The molecule has 5 heteroatoms. The van der Waals surface area contributed by atoms with Crippen LogP contribution in [0.2, 0.25) is 0 Å². The van der Waals surface area contributed by atoms with Gasteiger partial charge in [-0.25, -0.2) is 0 Å². The third-order valence-electron chi connectivity index (χ3n) is 4.66. The quantitative estimate of drug-likeness (QED) is 0.548. The number of carbonyl (C=O) groups is 1. The molecular weight excluding hydrogens is 342 g/mol. The molecule has 0 spiro atoms. The lowest BCUT2D eigenvalue weighted by Crippen LogP contribution is -3.15. The summed E-state index contributed by atoms with van der Waals surface area (Å²) in [5, 5.41) is 3.07. The summed E-state index contributed by atoms with van der Waals surface area (Å²) >= 11 is 1.84. The van der Waals surface area contributed by atoms with Crippen LogP contribution in [0.3, 0.4) is 0 Å². The van der Waals surface area contributed by atoms with Crippen molar-refractivity contribution in [2.75, 3.05) is 49.9 Å². The number of amides is 1. The highest BCUT2D eigenvalue weighted by Gasteiger charge is 2.21. The molecule has 138 valence electrons. The van der Waals surface area contributed by atoms with E-state index >= 15 is 0 Å². The van der Waals surface area contributed by atoms with Crippen molar-refractivity contribution in [3.05, 3.63) is 60.7 Å². The Bertz CT molecular complexity index is 657. The van der Waals surface area contributed by atoms with Crippen LogP contribution in [0.4, 0.5) is 5.69 Å². The number of rotatable bonds is 8. The molecule has 0 aromatic heterocycles. The van der Waals surface area contributed by atoms with Crippen molar-refractivity contribution in [3.63, 3.8) is 0 Å². The van der Waals surface area contributed by atoms with E-state index in [0.717, 1.165) is 44.9 Å². The summed E-state index contributed by atoms with van der Waals surface area (Å²) in [6, 6.07) is 20.9. The second kappa shape index (κ2) is 10.2. The molecule has 0 radical (unpaired) electrons. The number of piperazine rings is 1. The van der Waals surface area contributed by atoms with Gasteiger partial charge < -0.3 is 15.1 Å². The zero-order chi connectivity index (χ0) is 18.0. The third kappa shape index (κ3) is 6.07. The molecule has 1 saturated heterocycles. The van der Waals surface area contributed by atoms with Crippen LogP contribution in [0.1, 0.15) is 6.42 Å². The van der Waals surface area contributed by atoms with Gasteiger partial charge in [0.1, 0.15) is 0 Å². The smallest absolute Gasteiger partial charge is 0.275 e. The summed E-state index contributed by atoms with van der Waals surface area (Å²) in [6.07, 6.45) is 1.00. The van der Waals surface area contributed by atoms with Crippen LogP contribution >= 0.6 is 11.8 Å². The number of nitrogens with one attached hydrogen (secondary N) is 2. The fraction of sp³-hybridized carbons (Fsp3) is 0.381. The van der Waals surface area contributed by atoms with E-state index in [1.165, 1.54) is 15.5 Å². The Morgan fingerprint density at radius 3 is 2.35 bits per heavy atom. The molecule has 0 unspecified atom stereocenters. The molecule has 0 saturated carbocycles. The second-order valence-electron chi connectivity index (χ2n) is 6.61. The molecule has 2 aromatic rings. The lowest BCUT2D eigenvalue weighted by atomic mass is 10.2. The number of hydrogen-bond acceptors (Lipinski definition) is 3. The van der Waals surface area contributed by atoms with Crippen LogP contribution in [0.5, 0.6) is 0 Å². The Labute approximate surface area is 160 Å². The average molecular weight is 371 g/mol. The number of quaternary nitrogens is 1. The molecule has 1 aliphatic rings. The minimum Gasteiger partial charge on any atom is -0.360 e. The normalized spacial score (nSPS) is 15.0. The van der Waals surface area contributed by atoms with Gasteiger partial charge in [0, 0.05) is 17.1 Å². The Morgan fingerprint density at radius 1 is 1.00 bits per heavy atom. The van der Waals surface area contributed by atoms with Gasteiger partial charge in [0.05, 0.1) is 26.2 Å². The molecule has 3 rings (SSSR count). The lowest BCUT2D eigenvalue weighted by molar-refractivity contribution is -0.892. The van der Waals surface area contributed by atoms with Gasteiger partial charge in [0.15, 0.2) is 6.54 Å². The highest BCUT2D eigenvalue weighted by Crippen LogP contribution is 2.17. The fourth-order valence-electron chi connectivity index (χ4n) is 3.19. The first-order chi connectivity index (χ1) is 12.8. The van der Waals surface area contributed by atoms with Gasteiger partial charge in [-0.3, -0.25) is 4.79 Å². The van der Waals surface area contributed by atoms with E-state index < -0.39 is 0 Å². The summed E-state index contributed by atoms with van der Waals surface area (Å²) < 4.78 is 0. The zero-order valence-corrected chi connectivity index (χ0v) is 16.0. The molecule has 0 bridgehead atoms. The summed E-state index contributed by atoms with van der Waals surface area (Å²) in [5.41, 5.74) is 1.28. The molecule has 1 amide bonds. The van der Waals surface area contributed by atoms with E-state index in [4.69, 9.17) is 0 Å². The first kappa shape index (κ1) is 18.8. The van der Waals surface area contributed by atoms with Gasteiger partial charge in [-0.05, 0) is 36.4 Å². The van der Waals surface area contributed by atoms with E-state index in [-0.39, 0.29) is 5.91 Å². The first-order valence-corrected chi connectivity index (χ1v) is 10.4. The molecule has 2 N–H and O–H groups in total. The minimum atomic E-state index is 0.179. The molecule has 0 aliphatic carbocycles. The third-order valence-corrected chi connectivity index (χ3v) is 5.76. The molecule has 4 nitrogen and oxygen atoms in total. The molecule has 1 aliphatic heterocycles. The van der Waals surface area contributed by atoms with E-state index in [1.54, 1.807) is 0 Å². The standard InChI is InChI=1S/C21H27N3OS/c25-21(22-12-7-17-26-20-10-5-2-6-11-20)18-23-13-15-24(16-14-23)19-8-3-1-4-9-19/h1-6,8-11H,7,12-18H2,(H,22,25)/p+1. The van der Waals surface area contributed by atoms with Gasteiger partial charge in [0.25, 0.3) is 5.91 Å². The maximum absolute atomic E-state index is 12.1. The van der Waals surface area contributed by atoms with Crippen LogP contribution < -0.4 is 15.1 Å². The second-order valence-corrected chi connectivity index (χ2v) is 7.78. The summed E-state index contributed by atoms with van der Waals surface area (Å²) in [6.45, 7) is 5.43. The van der Waals surface area contributed by atoms with Crippen LogP contribution in [0, 0.1) is 0 Å². The van der Waals surface area contributed by atoms with Crippen molar-refractivity contribution in [1.82, 2.24) is 5.32 Å². The summed E-state index contributed by atoms with van der Waals surface area (Å²) in [5.74, 6) is 1.21. The number of benzene rings is 2. The van der Waals surface area contributed by atoms with Crippen molar-refractivity contribution >= 4 is 23.4 Å². The van der Waals surface area contributed by atoms with E-state index in [2.05, 4.69) is 58.7 Å². The Balaban J connectivity index is 1.27. The Morgan fingerprint density at radius 2 is 1.65 bits per heavy atom. The highest BCUT2D eigenvalue weighted by molar-refractivity contribution is 7.99. The van der Waals surface area contributed by atoms with Crippen LogP contribution in [-0.4, -0.2) is 50.9 Å². The molecular formula is C21H28N3OS+. The number of anilines is 1. The molecule has 1 heterocycles. The van der Waals surface area contributed by atoms with Crippen LogP contribution in [0.15, 0.2) is 65.6 Å². The highest BCUT2D eigenvalue weighted by atomic mass is 32.2. The molecule has 2 aromatic carbocycles. The predicted octanol–water partition coefficient (Wildman–Crippen LogP) is 1.69. The zero-order valence-electron chi connectivity index (χ0n) is 15.2. The molecule has 0 atom stereocenters. The monoisotopic (exact) mass is 370 g/mol. The minimum absolute atomic E-state index is 0.179.